The van der Waals surface area contributed by atoms with Crippen LogP contribution in [0.5, 0.6) is 0 Å². The first-order chi connectivity index (χ1) is 18.5. The largest absolute Gasteiger partial charge is 0.398 e. The molecule has 4 heterocycles. The molecule has 1 saturated carbocycles. The summed E-state index contributed by atoms with van der Waals surface area (Å²) in [5, 5.41) is 4.68. The van der Waals surface area contributed by atoms with E-state index in [4.69, 9.17) is 15.5 Å². The maximum Gasteiger partial charge on any atom is 0.124 e. The van der Waals surface area contributed by atoms with Crippen LogP contribution in [-0.2, 0) is 4.74 Å². The molecule has 3 aliphatic rings. The Hall–Kier alpha value is -3.55. The summed E-state index contributed by atoms with van der Waals surface area (Å²) < 4.78 is 20.6. The lowest BCUT2D eigenvalue weighted by Crippen LogP contribution is -2.58. The van der Waals surface area contributed by atoms with Crippen molar-refractivity contribution in [1.82, 2.24) is 15.3 Å². The minimum Gasteiger partial charge on any atom is -0.398 e. The zero-order valence-corrected chi connectivity index (χ0v) is 21.6. The molecule has 2 atom stereocenters. The van der Waals surface area contributed by atoms with Crippen LogP contribution in [0.25, 0.3) is 33.2 Å². The predicted molar refractivity (Wildman–Crippen MR) is 150 cm³/mol. The molecule has 2 aromatic heterocycles. The van der Waals surface area contributed by atoms with Gasteiger partial charge in [0.05, 0.1) is 30.0 Å². The lowest BCUT2D eigenvalue weighted by molar-refractivity contribution is -0.0134. The van der Waals surface area contributed by atoms with Crippen molar-refractivity contribution in [2.45, 2.75) is 44.2 Å². The van der Waals surface area contributed by atoms with E-state index in [1.807, 2.05) is 31.6 Å². The van der Waals surface area contributed by atoms with Gasteiger partial charge >= 0.3 is 0 Å². The fraction of sp³-hybridized carbons (Fsp3) is 0.355. The second kappa shape index (κ2) is 9.33. The number of benzene rings is 2. The van der Waals surface area contributed by atoms with Crippen molar-refractivity contribution >= 4 is 22.3 Å². The monoisotopic (exact) mass is 509 g/mol. The van der Waals surface area contributed by atoms with Crippen molar-refractivity contribution in [3.63, 3.8) is 0 Å². The van der Waals surface area contributed by atoms with Crippen LogP contribution in [0, 0.1) is 12.7 Å². The SMILES string of the molecule is Cc1cc(F)cc(-c2cnc3ccc(-c4cncc(C5CC5)c4N)cc3c2N2CC[C@H]3OCCN[C@@H]3C2)c1. The van der Waals surface area contributed by atoms with Crippen LogP contribution in [-0.4, -0.2) is 48.4 Å². The average molecular weight is 510 g/mol. The average Bonchev–Trinajstić information content (AvgIpc) is 3.77. The van der Waals surface area contributed by atoms with Crippen LogP contribution in [0.4, 0.5) is 15.8 Å². The minimum absolute atomic E-state index is 0.222. The molecular weight excluding hydrogens is 477 g/mol. The molecule has 3 fully saturated rings. The van der Waals surface area contributed by atoms with Crippen LogP contribution in [0.1, 0.15) is 36.3 Å². The van der Waals surface area contributed by atoms with Crippen LogP contribution in [0.15, 0.2) is 55.0 Å². The van der Waals surface area contributed by atoms with Gasteiger partial charge in [-0.1, -0.05) is 12.1 Å². The Morgan fingerprint density at radius 2 is 1.92 bits per heavy atom. The molecule has 4 aromatic rings. The highest BCUT2D eigenvalue weighted by Gasteiger charge is 2.34. The first kappa shape index (κ1) is 23.6. The van der Waals surface area contributed by atoms with Crippen molar-refractivity contribution in [2.75, 3.05) is 36.9 Å². The fourth-order valence-electron chi connectivity index (χ4n) is 6.21. The molecule has 7 heteroatoms. The highest BCUT2D eigenvalue weighted by atomic mass is 19.1. The number of hydrogen-bond acceptors (Lipinski definition) is 6. The normalized spacial score (nSPS) is 21.5. The number of hydrogen-bond donors (Lipinski definition) is 2. The molecule has 0 bridgehead atoms. The van der Waals surface area contributed by atoms with Crippen molar-refractivity contribution < 1.29 is 9.13 Å². The molecular formula is C31H32FN5O. The van der Waals surface area contributed by atoms with Crippen LogP contribution in [0.3, 0.4) is 0 Å². The quantitative estimate of drug-likeness (QED) is 0.382. The zero-order chi connectivity index (χ0) is 25.8. The number of aromatic nitrogens is 2. The van der Waals surface area contributed by atoms with Gasteiger partial charge in [-0.15, -0.1) is 0 Å². The Balaban J connectivity index is 1.41. The number of nitrogen functional groups attached to an aromatic ring is 1. The number of ether oxygens (including phenoxy) is 1. The highest BCUT2D eigenvalue weighted by Crippen LogP contribution is 2.45. The number of halogens is 1. The third kappa shape index (κ3) is 4.20. The van der Waals surface area contributed by atoms with E-state index in [0.717, 1.165) is 88.3 Å². The Morgan fingerprint density at radius 1 is 1.03 bits per heavy atom. The molecule has 0 spiro atoms. The third-order valence-electron chi connectivity index (χ3n) is 8.25. The second-order valence-corrected chi connectivity index (χ2v) is 10.9. The van der Waals surface area contributed by atoms with Gasteiger partial charge in [0.25, 0.3) is 0 Å². The number of nitrogens with one attached hydrogen (secondary N) is 1. The van der Waals surface area contributed by atoms with Crippen LogP contribution in [0.2, 0.25) is 0 Å². The number of fused-ring (bicyclic) bond motifs is 2. The summed E-state index contributed by atoms with van der Waals surface area (Å²) in [6, 6.07) is 11.8. The van der Waals surface area contributed by atoms with Gasteiger partial charge in [-0.05, 0) is 78.6 Å². The van der Waals surface area contributed by atoms with E-state index in [9.17, 15) is 4.39 Å². The molecule has 194 valence electrons. The number of nitrogens with zero attached hydrogens (tertiary/aromatic N) is 3. The molecule has 0 unspecified atom stereocenters. The van der Waals surface area contributed by atoms with Gasteiger partial charge in [-0.25, -0.2) is 4.39 Å². The van der Waals surface area contributed by atoms with E-state index in [-0.39, 0.29) is 18.0 Å². The van der Waals surface area contributed by atoms with E-state index in [1.165, 1.54) is 12.8 Å². The molecule has 7 rings (SSSR count). The second-order valence-electron chi connectivity index (χ2n) is 10.9. The number of rotatable bonds is 4. The fourth-order valence-corrected chi connectivity index (χ4v) is 6.21. The summed E-state index contributed by atoms with van der Waals surface area (Å²) in [5.74, 6) is 0.283. The maximum atomic E-state index is 14.6. The van der Waals surface area contributed by atoms with Crippen LogP contribution >= 0.6 is 0 Å². The molecule has 2 aliphatic heterocycles. The summed E-state index contributed by atoms with van der Waals surface area (Å²) in [6.07, 6.45) is 9.18. The maximum absolute atomic E-state index is 14.6. The van der Waals surface area contributed by atoms with Crippen molar-refractivity contribution in [3.05, 3.63) is 71.9 Å². The topological polar surface area (TPSA) is 76.3 Å². The van der Waals surface area contributed by atoms with E-state index in [2.05, 4.69) is 33.4 Å². The summed E-state index contributed by atoms with van der Waals surface area (Å²) >= 11 is 0. The summed E-state index contributed by atoms with van der Waals surface area (Å²) in [4.78, 5) is 11.8. The van der Waals surface area contributed by atoms with Crippen LogP contribution < -0.4 is 16.0 Å². The Bertz CT molecular complexity index is 1510. The summed E-state index contributed by atoms with van der Waals surface area (Å²) in [6.45, 7) is 5.21. The molecule has 2 saturated heterocycles. The van der Waals surface area contributed by atoms with Gasteiger partial charge in [-0.3, -0.25) is 9.97 Å². The van der Waals surface area contributed by atoms with E-state index >= 15 is 0 Å². The number of aryl methyl sites for hydroxylation is 1. The van der Waals surface area contributed by atoms with Gasteiger partial charge in [0.1, 0.15) is 5.82 Å². The first-order valence-corrected chi connectivity index (χ1v) is 13.6. The Kier molecular flexibility index (Phi) is 5.78. The third-order valence-corrected chi connectivity index (χ3v) is 8.25. The predicted octanol–water partition coefficient (Wildman–Crippen LogP) is 5.44. The van der Waals surface area contributed by atoms with E-state index in [1.54, 1.807) is 12.1 Å². The zero-order valence-electron chi connectivity index (χ0n) is 21.6. The van der Waals surface area contributed by atoms with Crippen molar-refractivity contribution in [1.29, 1.82) is 0 Å². The molecule has 1 aliphatic carbocycles. The van der Waals surface area contributed by atoms with Crippen molar-refractivity contribution in [3.8, 4) is 22.3 Å². The Labute approximate surface area is 222 Å². The molecule has 0 radical (unpaired) electrons. The number of anilines is 2. The molecule has 2 aromatic carbocycles. The molecule has 38 heavy (non-hydrogen) atoms. The van der Waals surface area contributed by atoms with Gasteiger partial charge in [0.2, 0.25) is 0 Å². The number of pyridine rings is 2. The highest BCUT2D eigenvalue weighted by molar-refractivity contribution is 6.02. The molecule has 6 nitrogen and oxygen atoms in total. The lowest BCUT2D eigenvalue weighted by atomic mass is 9.94. The molecule has 3 N–H and O–H groups in total. The van der Waals surface area contributed by atoms with E-state index in [0.29, 0.717) is 5.92 Å². The van der Waals surface area contributed by atoms with E-state index < -0.39 is 0 Å². The van der Waals surface area contributed by atoms with Crippen molar-refractivity contribution in [2.24, 2.45) is 0 Å². The lowest BCUT2D eigenvalue weighted by Gasteiger charge is -2.43. The van der Waals surface area contributed by atoms with Gasteiger partial charge < -0.3 is 20.7 Å². The first-order valence-electron chi connectivity index (χ1n) is 13.6. The number of morpholine rings is 1. The smallest absolute Gasteiger partial charge is 0.124 e. The van der Waals surface area contributed by atoms with Gasteiger partial charge in [0.15, 0.2) is 0 Å². The number of piperidine rings is 1. The summed E-state index contributed by atoms with van der Waals surface area (Å²) in [7, 11) is 0. The summed E-state index contributed by atoms with van der Waals surface area (Å²) in [5.41, 5.74) is 15.3. The van der Waals surface area contributed by atoms with Gasteiger partial charge in [-0.2, -0.15) is 0 Å². The minimum atomic E-state index is -0.239. The Morgan fingerprint density at radius 3 is 2.76 bits per heavy atom. The molecule has 0 amide bonds. The number of nitrogens with two attached hydrogens (primary N) is 1. The van der Waals surface area contributed by atoms with Gasteiger partial charge in [0, 0.05) is 60.4 Å². The standard InChI is InChI=1S/C31H32FN5O/c1-18-10-21(12-22(32)11-18)26-16-36-27-5-4-20(25-15-34-14-24(30(25)33)19-2-3-19)13-23(27)31(26)37-8-6-29-28(17-37)35-7-9-38-29/h4-5,10-16,19,28-29,35H,2-3,6-9,17H2,1H3,(H2,33,34)/t28-,29-/m1/s1.